The van der Waals surface area contributed by atoms with Crippen LogP contribution in [-0.4, -0.2) is 74.3 Å². The average Bonchev–Trinajstić information content (AvgIpc) is 3.51. The number of unbranched alkanes of at least 4 members (excludes halogenated alkanes) is 32. The summed E-state index contributed by atoms with van der Waals surface area (Å²) in [5, 5.41) is 3.06. The molecule has 0 aromatic carbocycles. The van der Waals surface area contributed by atoms with Gasteiger partial charge in [0, 0.05) is 12.8 Å². The summed E-state index contributed by atoms with van der Waals surface area (Å²) in [6.07, 6.45) is 84.1. The number of nitrogens with zero attached hydrogens (tertiary/aromatic N) is 1. The van der Waals surface area contributed by atoms with Crippen molar-refractivity contribution in [2.75, 3.05) is 40.9 Å². The fraction of sp³-hybridized carbons (Fsp3) is 0.753. The number of hydrogen-bond acceptors (Lipinski definition) is 6. The molecule has 0 aliphatic heterocycles. The maximum Gasteiger partial charge on any atom is 0.472 e. The van der Waals surface area contributed by atoms with Gasteiger partial charge in [-0.15, -0.1) is 0 Å². The lowest BCUT2D eigenvalue weighted by molar-refractivity contribution is -0.870. The number of likely N-dealkylation sites (N-methyl/N-ethyl adjacent to an activating group) is 1. The van der Waals surface area contributed by atoms with Crippen molar-refractivity contribution < 1.29 is 37.3 Å². The van der Waals surface area contributed by atoms with Crippen molar-refractivity contribution in [3.63, 3.8) is 0 Å². The van der Waals surface area contributed by atoms with Crippen LogP contribution in [0.5, 0.6) is 0 Å². The van der Waals surface area contributed by atoms with Gasteiger partial charge in [0.2, 0.25) is 5.91 Å². The van der Waals surface area contributed by atoms with Crippen LogP contribution in [0.3, 0.4) is 0 Å². The zero-order chi connectivity index (χ0) is 60.7. The van der Waals surface area contributed by atoms with Crippen molar-refractivity contribution in [3.05, 3.63) is 97.2 Å². The van der Waals surface area contributed by atoms with Gasteiger partial charge in [0.1, 0.15) is 19.3 Å². The Bertz CT molecular complexity index is 1740. The number of amides is 1. The molecule has 3 unspecified atom stereocenters. The Balaban J connectivity index is 5.08. The highest BCUT2D eigenvalue weighted by molar-refractivity contribution is 7.47. The Hall–Kier alpha value is -3.07. The fourth-order valence-corrected chi connectivity index (χ4v) is 10.4. The Morgan fingerprint density at radius 2 is 0.771 bits per heavy atom. The second-order valence-electron chi connectivity index (χ2n) is 24.3. The Morgan fingerprint density at radius 1 is 0.434 bits per heavy atom. The summed E-state index contributed by atoms with van der Waals surface area (Å²) >= 11 is 0. The molecule has 0 aliphatic carbocycles. The minimum Gasteiger partial charge on any atom is -0.456 e. The van der Waals surface area contributed by atoms with E-state index < -0.39 is 20.0 Å². The molecule has 480 valence electrons. The number of phosphoric ester groups is 1. The molecule has 1 amide bonds. The zero-order valence-electron chi connectivity index (χ0n) is 54.9. The summed E-state index contributed by atoms with van der Waals surface area (Å²) in [5.41, 5.74) is 0. The van der Waals surface area contributed by atoms with E-state index in [1.807, 2.05) is 33.3 Å². The smallest absolute Gasteiger partial charge is 0.456 e. The number of ether oxygens (including phenoxy) is 1. The van der Waals surface area contributed by atoms with Crippen LogP contribution in [0.15, 0.2) is 97.2 Å². The van der Waals surface area contributed by atoms with Crippen molar-refractivity contribution in [1.29, 1.82) is 0 Å². The molecule has 0 rings (SSSR count). The number of nitrogens with one attached hydrogen (secondary N) is 1. The number of quaternary nitrogens is 1. The highest BCUT2D eigenvalue weighted by Crippen LogP contribution is 2.43. The molecular weight excluding hydrogens is 1050 g/mol. The third-order valence-corrected chi connectivity index (χ3v) is 16.0. The largest absolute Gasteiger partial charge is 0.472 e. The van der Waals surface area contributed by atoms with Gasteiger partial charge in [-0.1, -0.05) is 279 Å². The molecule has 0 bridgehead atoms. The molecule has 0 spiro atoms. The van der Waals surface area contributed by atoms with Crippen LogP contribution in [0.25, 0.3) is 0 Å². The zero-order valence-corrected chi connectivity index (χ0v) is 55.8. The predicted octanol–water partition coefficient (Wildman–Crippen LogP) is 21.9. The molecule has 0 radical (unpaired) electrons. The molecule has 83 heavy (non-hydrogen) atoms. The molecule has 9 nitrogen and oxygen atoms in total. The summed E-state index contributed by atoms with van der Waals surface area (Å²) in [5.74, 6) is -0.512. The second-order valence-corrected chi connectivity index (χ2v) is 25.8. The standard InChI is InChI=1S/C73H131N2O7P/c1-7-10-13-16-19-22-25-27-29-31-33-35-36-37-38-40-41-43-45-47-50-53-56-59-62-65-72(76)74-70(69-81-83(78,79)80-68-67-75(4,5)6)71(64-61-58-55-52-49-24-21-18-15-12-9-3)82-73(77)66-63-60-57-54-51-48-46-44-42-39-34-32-30-28-26-23-20-17-14-11-8-2/h10,13,19-20,22-23,27-30,33,35,37-38,61,64,70-71H,7-9,11-12,14-18,21,24-26,31-32,34,36,39-60,62-63,65-69H2,1-6H3,(H-,74,76,78,79)/p+1/b13-10-,22-19-,23-20-,29-27-,30-28-,35-33-,38-37-,64-61-. The van der Waals surface area contributed by atoms with E-state index in [1.54, 1.807) is 0 Å². The van der Waals surface area contributed by atoms with Gasteiger partial charge < -0.3 is 19.4 Å². The van der Waals surface area contributed by atoms with Crippen LogP contribution < -0.4 is 5.32 Å². The lowest BCUT2D eigenvalue weighted by Crippen LogP contribution is -2.47. The molecule has 0 heterocycles. The third-order valence-electron chi connectivity index (χ3n) is 15.0. The monoisotopic (exact) mass is 1180 g/mol. The molecular formula is C73H132N2O7P+. The van der Waals surface area contributed by atoms with E-state index in [0.29, 0.717) is 17.4 Å². The summed E-state index contributed by atoms with van der Waals surface area (Å²) < 4.78 is 30.8. The first-order valence-corrected chi connectivity index (χ1v) is 36.1. The van der Waals surface area contributed by atoms with E-state index in [9.17, 15) is 19.0 Å². The number of carbonyl (C=O) groups excluding carboxylic acids is 2. The summed E-state index contributed by atoms with van der Waals surface area (Å²) in [4.78, 5) is 37.9. The van der Waals surface area contributed by atoms with Gasteiger partial charge in [0.05, 0.1) is 33.8 Å². The van der Waals surface area contributed by atoms with E-state index in [1.165, 1.54) is 161 Å². The van der Waals surface area contributed by atoms with Gasteiger partial charge in [-0.3, -0.25) is 18.6 Å². The second kappa shape index (κ2) is 62.0. The van der Waals surface area contributed by atoms with Gasteiger partial charge in [-0.2, -0.15) is 0 Å². The van der Waals surface area contributed by atoms with E-state index in [4.69, 9.17) is 13.8 Å². The summed E-state index contributed by atoms with van der Waals surface area (Å²) in [6.45, 7) is 6.88. The SMILES string of the molecule is CC/C=C\C/C=C\C/C=C\C/C=C\C/C=C\CCCCCCCCCCCC(=O)NC(COP(=O)(O)OCC[N+](C)(C)C)C(/C=C\CCCCCCCCCCC)OC(=O)CCCCCCCCCCCCC/C=C\C/C=C\CCCCC. The minimum atomic E-state index is -4.46. The number of allylic oxidation sites excluding steroid dienone is 15. The van der Waals surface area contributed by atoms with Crippen LogP contribution in [0.4, 0.5) is 0 Å². The molecule has 0 saturated carbocycles. The van der Waals surface area contributed by atoms with Gasteiger partial charge in [0.15, 0.2) is 0 Å². The molecule has 10 heteroatoms. The first kappa shape index (κ1) is 79.9. The molecule has 2 N–H and O–H groups in total. The maximum atomic E-state index is 13.6. The van der Waals surface area contributed by atoms with Crippen molar-refractivity contribution in [3.8, 4) is 0 Å². The van der Waals surface area contributed by atoms with Crippen LogP contribution in [0.2, 0.25) is 0 Å². The van der Waals surface area contributed by atoms with E-state index in [0.717, 1.165) is 109 Å². The summed E-state index contributed by atoms with van der Waals surface area (Å²) in [6, 6.07) is -0.858. The van der Waals surface area contributed by atoms with Crippen molar-refractivity contribution in [1.82, 2.24) is 5.32 Å². The quantitative estimate of drug-likeness (QED) is 0.0205. The number of rotatable bonds is 62. The van der Waals surface area contributed by atoms with Crippen molar-refractivity contribution in [2.24, 2.45) is 0 Å². The lowest BCUT2D eigenvalue weighted by atomic mass is 10.0. The highest BCUT2D eigenvalue weighted by atomic mass is 31.2. The van der Waals surface area contributed by atoms with Crippen molar-refractivity contribution >= 4 is 19.7 Å². The van der Waals surface area contributed by atoms with Gasteiger partial charge in [-0.05, 0) is 109 Å². The number of phosphoric acid groups is 1. The van der Waals surface area contributed by atoms with Crippen LogP contribution in [0, 0.1) is 0 Å². The third kappa shape index (κ3) is 63.3. The maximum absolute atomic E-state index is 13.6. The van der Waals surface area contributed by atoms with Crippen LogP contribution in [0.1, 0.15) is 303 Å². The average molecular weight is 1180 g/mol. The number of carbonyl (C=O) groups is 2. The minimum absolute atomic E-state index is 0.0351. The molecule has 0 fully saturated rings. The molecule has 3 atom stereocenters. The topological polar surface area (TPSA) is 111 Å². The Kier molecular flexibility index (Phi) is 59.7. The van der Waals surface area contributed by atoms with E-state index >= 15 is 0 Å². The Morgan fingerprint density at radius 3 is 1.18 bits per heavy atom. The van der Waals surface area contributed by atoms with E-state index in [2.05, 4.69) is 111 Å². The molecule has 0 aliphatic rings. The first-order valence-electron chi connectivity index (χ1n) is 34.6. The van der Waals surface area contributed by atoms with Gasteiger partial charge in [0.25, 0.3) is 0 Å². The van der Waals surface area contributed by atoms with Gasteiger partial charge >= 0.3 is 13.8 Å². The van der Waals surface area contributed by atoms with Crippen LogP contribution in [-0.2, 0) is 27.9 Å². The van der Waals surface area contributed by atoms with Gasteiger partial charge in [-0.25, -0.2) is 4.57 Å². The predicted molar refractivity (Wildman–Crippen MR) is 360 cm³/mol. The fourth-order valence-electron chi connectivity index (χ4n) is 9.70. The van der Waals surface area contributed by atoms with Crippen LogP contribution >= 0.6 is 7.82 Å². The van der Waals surface area contributed by atoms with Crippen molar-refractivity contribution in [2.45, 2.75) is 315 Å². The Labute approximate surface area is 513 Å². The normalized spacial score (nSPS) is 14.2. The molecule has 0 saturated heterocycles. The molecule has 0 aromatic heterocycles. The first-order chi connectivity index (χ1) is 40.4. The number of hydrogen-bond donors (Lipinski definition) is 2. The highest BCUT2D eigenvalue weighted by Gasteiger charge is 2.30. The lowest BCUT2D eigenvalue weighted by Gasteiger charge is -2.27. The summed E-state index contributed by atoms with van der Waals surface area (Å²) in [7, 11) is 1.49. The van der Waals surface area contributed by atoms with E-state index in [-0.39, 0.29) is 31.5 Å². The number of esters is 1. The molecule has 0 aromatic rings.